The zero-order chi connectivity index (χ0) is 19.2. The second-order valence-corrected chi connectivity index (χ2v) is 6.82. The molecule has 2 aromatic carbocycles. The van der Waals surface area contributed by atoms with E-state index in [1.807, 2.05) is 49.4 Å². The standard InChI is InChI=1S/C21H25N3O3.ClH/c1-15-7-8-17(22)13-19(15)23-21(26)16-9-11-24(12-10-16)20(25)14-27-18-5-3-2-4-6-18;/h2-8,13,16H,9-12,14,22H2,1H3,(H,23,26);1H. The van der Waals surface area contributed by atoms with Gasteiger partial charge in [0.1, 0.15) is 5.75 Å². The number of ether oxygens (including phenoxy) is 1. The molecule has 3 rings (SSSR count). The third-order valence-corrected chi connectivity index (χ3v) is 4.84. The first-order valence-electron chi connectivity index (χ1n) is 9.15. The van der Waals surface area contributed by atoms with Crippen LogP contribution in [0.5, 0.6) is 5.75 Å². The number of likely N-dealkylation sites (tertiary alicyclic amines) is 1. The van der Waals surface area contributed by atoms with Gasteiger partial charge >= 0.3 is 0 Å². The molecule has 3 N–H and O–H groups in total. The Morgan fingerprint density at radius 3 is 2.50 bits per heavy atom. The van der Waals surface area contributed by atoms with E-state index < -0.39 is 0 Å². The topological polar surface area (TPSA) is 84.7 Å². The summed E-state index contributed by atoms with van der Waals surface area (Å²) in [6.07, 6.45) is 1.29. The maximum Gasteiger partial charge on any atom is 0.260 e. The van der Waals surface area contributed by atoms with Gasteiger partial charge in [0.15, 0.2) is 6.61 Å². The lowest BCUT2D eigenvalue weighted by Gasteiger charge is -2.31. The van der Waals surface area contributed by atoms with Crippen LogP contribution in [0.25, 0.3) is 0 Å². The largest absolute Gasteiger partial charge is 0.484 e. The normalized spacial score (nSPS) is 14.1. The summed E-state index contributed by atoms with van der Waals surface area (Å²) in [4.78, 5) is 26.6. The second-order valence-electron chi connectivity index (χ2n) is 6.82. The monoisotopic (exact) mass is 403 g/mol. The number of benzene rings is 2. The van der Waals surface area contributed by atoms with Crippen LogP contribution < -0.4 is 15.8 Å². The number of nitrogens with two attached hydrogens (primary N) is 1. The molecule has 0 aromatic heterocycles. The third kappa shape index (κ3) is 5.63. The molecule has 2 amide bonds. The van der Waals surface area contributed by atoms with Gasteiger partial charge in [0.25, 0.3) is 5.91 Å². The molecule has 1 aliphatic heterocycles. The Labute approximate surface area is 171 Å². The van der Waals surface area contributed by atoms with Crippen molar-refractivity contribution in [2.45, 2.75) is 19.8 Å². The molecule has 0 spiro atoms. The van der Waals surface area contributed by atoms with Gasteiger partial charge in [-0.3, -0.25) is 9.59 Å². The zero-order valence-corrected chi connectivity index (χ0v) is 16.7. The van der Waals surface area contributed by atoms with Crippen molar-refractivity contribution in [3.63, 3.8) is 0 Å². The highest BCUT2D eigenvalue weighted by molar-refractivity contribution is 5.94. The number of amides is 2. The van der Waals surface area contributed by atoms with E-state index >= 15 is 0 Å². The van der Waals surface area contributed by atoms with Crippen LogP contribution >= 0.6 is 12.4 Å². The molecule has 0 aliphatic carbocycles. The average Bonchev–Trinajstić information content (AvgIpc) is 2.70. The van der Waals surface area contributed by atoms with Crippen LogP contribution in [0.1, 0.15) is 18.4 Å². The Bertz CT molecular complexity index is 806. The molecule has 0 radical (unpaired) electrons. The first kappa shape index (κ1) is 21.6. The number of nitrogens with zero attached hydrogens (tertiary/aromatic N) is 1. The number of aryl methyl sites for hydroxylation is 1. The maximum absolute atomic E-state index is 12.5. The van der Waals surface area contributed by atoms with E-state index in [0.29, 0.717) is 37.4 Å². The van der Waals surface area contributed by atoms with Crippen LogP contribution in [0.3, 0.4) is 0 Å². The van der Waals surface area contributed by atoms with Crippen molar-refractivity contribution in [3.05, 3.63) is 54.1 Å². The number of carbonyl (C=O) groups is 2. The quantitative estimate of drug-likeness (QED) is 0.750. The highest BCUT2D eigenvalue weighted by atomic mass is 35.5. The third-order valence-electron chi connectivity index (χ3n) is 4.84. The molecule has 2 aromatic rings. The van der Waals surface area contributed by atoms with Crippen molar-refractivity contribution in [2.75, 3.05) is 30.7 Å². The molecule has 7 heteroatoms. The SMILES string of the molecule is Cc1ccc(N)cc1NC(=O)C1CCN(C(=O)COc2ccccc2)CC1.Cl. The molecular weight excluding hydrogens is 378 g/mol. The number of anilines is 2. The van der Waals surface area contributed by atoms with Crippen LogP contribution in [-0.4, -0.2) is 36.4 Å². The average molecular weight is 404 g/mol. The summed E-state index contributed by atoms with van der Waals surface area (Å²) in [7, 11) is 0. The number of carbonyl (C=O) groups excluding carboxylic acids is 2. The first-order valence-corrected chi connectivity index (χ1v) is 9.15. The summed E-state index contributed by atoms with van der Waals surface area (Å²) in [5.41, 5.74) is 8.14. The molecule has 1 fully saturated rings. The predicted molar refractivity (Wildman–Crippen MR) is 113 cm³/mol. The van der Waals surface area contributed by atoms with Crippen LogP contribution in [-0.2, 0) is 9.59 Å². The Morgan fingerprint density at radius 2 is 1.82 bits per heavy atom. The molecule has 1 aliphatic rings. The van der Waals surface area contributed by atoms with Gasteiger partial charge in [0, 0.05) is 30.4 Å². The van der Waals surface area contributed by atoms with Crippen LogP contribution in [0, 0.1) is 12.8 Å². The molecule has 0 unspecified atom stereocenters. The van der Waals surface area contributed by atoms with Crippen molar-refractivity contribution < 1.29 is 14.3 Å². The zero-order valence-electron chi connectivity index (χ0n) is 15.9. The van der Waals surface area contributed by atoms with Gasteiger partial charge in [-0.05, 0) is 49.6 Å². The number of hydrogen-bond acceptors (Lipinski definition) is 4. The number of para-hydroxylation sites is 1. The van der Waals surface area contributed by atoms with Gasteiger partial charge in [0.2, 0.25) is 5.91 Å². The van der Waals surface area contributed by atoms with Crippen LogP contribution in [0.4, 0.5) is 11.4 Å². The van der Waals surface area contributed by atoms with E-state index in [9.17, 15) is 9.59 Å². The number of nitrogen functional groups attached to an aromatic ring is 1. The van der Waals surface area contributed by atoms with Crippen molar-refractivity contribution in [1.82, 2.24) is 4.90 Å². The van der Waals surface area contributed by atoms with Crippen molar-refractivity contribution in [1.29, 1.82) is 0 Å². The molecule has 150 valence electrons. The highest BCUT2D eigenvalue weighted by Crippen LogP contribution is 2.23. The lowest BCUT2D eigenvalue weighted by atomic mass is 9.95. The Morgan fingerprint density at radius 1 is 1.14 bits per heavy atom. The minimum Gasteiger partial charge on any atom is -0.484 e. The van der Waals surface area contributed by atoms with Crippen molar-refractivity contribution in [2.24, 2.45) is 5.92 Å². The van der Waals surface area contributed by atoms with E-state index in [2.05, 4.69) is 5.32 Å². The van der Waals surface area contributed by atoms with Gasteiger partial charge in [-0.1, -0.05) is 24.3 Å². The van der Waals surface area contributed by atoms with E-state index in [0.717, 1.165) is 11.3 Å². The summed E-state index contributed by atoms with van der Waals surface area (Å²) in [6, 6.07) is 14.7. The van der Waals surface area contributed by atoms with E-state index in [1.54, 1.807) is 11.0 Å². The molecule has 1 saturated heterocycles. The number of halogens is 1. The van der Waals surface area contributed by atoms with Crippen LogP contribution in [0.2, 0.25) is 0 Å². The fourth-order valence-corrected chi connectivity index (χ4v) is 3.15. The Kier molecular flexibility index (Phi) is 7.70. The Balaban J connectivity index is 0.00000280. The highest BCUT2D eigenvalue weighted by Gasteiger charge is 2.27. The maximum atomic E-state index is 12.5. The van der Waals surface area contributed by atoms with Gasteiger partial charge in [-0.15, -0.1) is 12.4 Å². The van der Waals surface area contributed by atoms with Gasteiger partial charge in [-0.25, -0.2) is 0 Å². The van der Waals surface area contributed by atoms with Crippen molar-refractivity contribution >= 4 is 35.6 Å². The summed E-state index contributed by atoms with van der Waals surface area (Å²) in [5.74, 6) is 0.503. The molecule has 6 nitrogen and oxygen atoms in total. The first-order chi connectivity index (χ1) is 13.0. The molecule has 28 heavy (non-hydrogen) atoms. The summed E-state index contributed by atoms with van der Waals surface area (Å²) in [5, 5.41) is 2.96. The number of rotatable bonds is 5. The van der Waals surface area contributed by atoms with E-state index in [-0.39, 0.29) is 36.7 Å². The molecule has 0 bridgehead atoms. The minimum absolute atomic E-state index is 0. The summed E-state index contributed by atoms with van der Waals surface area (Å²) >= 11 is 0. The number of piperidine rings is 1. The second kappa shape index (κ2) is 9.99. The summed E-state index contributed by atoms with van der Waals surface area (Å²) in [6.45, 7) is 3.07. The van der Waals surface area contributed by atoms with Gasteiger partial charge in [0.05, 0.1) is 0 Å². The fourth-order valence-electron chi connectivity index (χ4n) is 3.15. The molecule has 0 saturated carbocycles. The lowest BCUT2D eigenvalue weighted by Crippen LogP contribution is -2.43. The van der Waals surface area contributed by atoms with Crippen LogP contribution in [0.15, 0.2) is 48.5 Å². The molecule has 0 atom stereocenters. The fraction of sp³-hybridized carbons (Fsp3) is 0.333. The van der Waals surface area contributed by atoms with E-state index in [1.165, 1.54) is 0 Å². The smallest absolute Gasteiger partial charge is 0.260 e. The minimum atomic E-state index is -0.107. The molecular formula is C21H26ClN3O3. The van der Waals surface area contributed by atoms with Crippen molar-refractivity contribution in [3.8, 4) is 5.75 Å². The van der Waals surface area contributed by atoms with Gasteiger partial charge in [-0.2, -0.15) is 0 Å². The van der Waals surface area contributed by atoms with Gasteiger partial charge < -0.3 is 20.7 Å². The Hall–Kier alpha value is -2.73. The number of nitrogens with one attached hydrogen (secondary N) is 1. The lowest BCUT2D eigenvalue weighted by molar-refractivity contribution is -0.136. The van der Waals surface area contributed by atoms with E-state index in [4.69, 9.17) is 10.5 Å². The molecule has 1 heterocycles. The predicted octanol–water partition coefficient (Wildman–Crippen LogP) is 3.26. The summed E-state index contributed by atoms with van der Waals surface area (Å²) < 4.78 is 5.52. The number of hydrogen-bond donors (Lipinski definition) is 2.